The van der Waals surface area contributed by atoms with Crippen molar-refractivity contribution in [2.24, 2.45) is 0 Å². The Morgan fingerprint density at radius 3 is 2.70 bits per heavy atom. The van der Waals surface area contributed by atoms with Gasteiger partial charge in [-0.3, -0.25) is 4.79 Å². The molecule has 0 fully saturated rings. The molecule has 3 rings (SSSR count). The molecule has 142 valence electrons. The fraction of sp³-hybridized carbons (Fsp3) is 0.250. The number of ether oxygens (including phenoxy) is 4. The van der Waals surface area contributed by atoms with E-state index in [0.29, 0.717) is 58.6 Å². The van der Waals surface area contributed by atoms with Crippen LogP contribution in [0.5, 0.6) is 23.0 Å². The van der Waals surface area contributed by atoms with Crippen molar-refractivity contribution in [1.29, 1.82) is 0 Å². The number of hydrogen-bond acceptors (Lipinski definition) is 6. The molecule has 0 aliphatic carbocycles. The van der Waals surface area contributed by atoms with Gasteiger partial charge in [0.15, 0.2) is 17.3 Å². The number of ketones is 1. The maximum absolute atomic E-state index is 12.7. The molecule has 1 aliphatic heterocycles. The van der Waals surface area contributed by atoms with Crippen LogP contribution in [-0.4, -0.2) is 32.7 Å². The molecule has 0 unspecified atom stereocenters. The molecular formula is C20H20BrNO5. The standard InChI is InChI=1S/C20H20BrNO5/c1-3-25-16-5-4-13(11-15(16)22)19(23)14(21)8-12-9-17(24-2)20-18(10-12)26-6-7-27-20/h4-5,8-11H,3,6-7,22H2,1-2H3/b14-8+. The van der Waals surface area contributed by atoms with Gasteiger partial charge in [-0.05, 0) is 64.8 Å². The van der Waals surface area contributed by atoms with Crippen molar-refractivity contribution in [2.75, 3.05) is 32.7 Å². The molecule has 2 aromatic rings. The van der Waals surface area contributed by atoms with Gasteiger partial charge in [0.2, 0.25) is 5.75 Å². The molecule has 0 atom stereocenters. The molecule has 27 heavy (non-hydrogen) atoms. The zero-order valence-corrected chi connectivity index (χ0v) is 16.7. The predicted octanol–water partition coefficient (Wildman–Crippen LogP) is 4.07. The smallest absolute Gasteiger partial charge is 0.203 e. The zero-order valence-electron chi connectivity index (χ0n) is 15.1. The minimum absolute atomic E-state index is 0.196. The number of anilines is 1. The van der Waals surface area contributed by atoms with E-state index in [1.54, 1.807) is 43.5 Å². The number of nitrogens with two attached hydrogens (primary N) is 1. The number of halogens is 1. The highest BCUT2D eigenvalue weighted by Gasteiger charge is 2.19. The minimum atomic E-state index is -0.196. The lowest BCUT2D eigenvalue weighted by atomic mass is 10.1. The lowest BCUT2D eigenvalue weighted by Gasteiger charge is -2.21. The maximum Gasteiger partial charge on any atom is 0.203 e. The summed E-state index contributed by atoms with van der Waals surface area (Å²) in [6.07, 6.45) is 1.70. The van der Waals surface area contributed by atoms with Gasteiger partial charge in [-0.25, -0.2) is 0 Å². The van der Waals surface area contributed by atoms with E-state index in [1.807, 2.05) is 6.92 Å². The molecule has 2 aromatic carbocycles. The van der Waals surface area contributed by atoms with Crippen molar-refractivity contribution in [1.82, 2.24) is 0 Å². The maximum atomic E-state index is 12.7. The van der Waals surface area contributed by atoms with Gasteiger partial charge >= 0.3 is 0 Å². The molecule has 1 heterocycles. The van der Waals surface area contributed by atoms with Crippen LogP contribution in [0.2, 0.25) is 0 Å². The monoisotopic (exact) mass is 433 g/mol. The Bertz CT molecular complexity index is 877. The molecule has 0 aromatic heterocycles. The van der Waals surface area contributed by atoms with E-state index in [4.69, 9.17) is 24.7 Å². The highest BCUT2D eigenvalue weighted by molar-refractivity contribution is 9.12. The first-order chi connectivity index (χ1) is 13.0. The Hall–Kier alpha value is -2.67. The largest absolute Gasteiger partial charge is 0.493 e. The summed E-state index contributed by atoms with van der Waals surface area (Å²) in [6.45, 7) is 3.32. The van der Waals surface area contributed by atoms with Crippen molar-refractivity contribution in [2.45, 2.75) is 6.92 Å². The molecule has 0 bridgehead atoms. The van der Waals surface area contributed by atoms with E-state index >= 15 is 0 Å². The summed E-state index contributed by atoms with van der Waals surface area (Å²) in [6, 6.07) is 8.57. The van der Waals surface area contributed by atoms with Gasteiger partial charge in [0.25, 0.3) is 0 Å². The number of hydrogen-bond donors (Lipinski definition) is 1. The van der Waals surface area contributed by atoms with Gasteiger partial charge in [-0.1, -0.05) is 0 Å². The normalized spacial score (nSPS) is 13.2. The second-order valence-electron chi connectivity index (χ2n) is 5.75. The second kappa shape index (κ2) is 8.35. The molecule has 0 radical (unpaired) electrons. The third-order valence-corrected chi connectivity index (χ3v) is 4.52. The number of fused-ring (bicyclic) bond motifs is 1. The van der Waals surface area contributed by atoms with E-state index in [2.05, 4.69) is 15.9 Å². The van der Waals surface area contributed by atoms with E-state index in [1.165, 1.54) is 0 Å². The Morgan fingerprint density at radius 1 is 1.22 bits per heavy atom. The highest BCUT2D eigenvalue weighted by atomic mass is 79.9. The van der Waals surface area contributed by atoms with Gasteiger partial charge in [-0.15, -0.1) is 0 Å². The quantitative estimate of drug-likeness (QED) is 0.420. The van der Waals surface area contributed by atoms with Gasteiger partial charge in [-0.2, -0.15) is 0 Å². The highest BCUT2D eigenvalue weighted by Crippen LogP contribution is 2.41. The van der Waals surface area contributed by atoms with Gasteiger partial charge in [0, 0.05) is 5.56 Å². The van der Waals surface area contributed by atoms with Gasteiger partial charge in [0.05, 0.1) is 23.9 Å². The number of Topliss-reactive ketones (excluding diaryl/α,β-unsaturated/α-hetero) is 1. The van der Waals surface area contributed by atoms with Gasteiger partial charge in [0.1, 0.15) is 19.0 Å². The van der Waals surface area contributed by atoms with Crippen LogP contribution in [0.1, 0.15) is 22.8 Å². The Balaban J connectivity index is 1.89. The summed E-state index contributed by atoms with van der Waals surface area (Å²) >= 11 is 3.36. The number of carbonyl (C=O) groups is 1. The zero-order chi connectivity index (χ0) is 19.4. The van der Waals surface area contributed by atoms with Crippen LogP contribution in [0.3, 0.4) is 0 Å². The van der Waals surface area contributed by atoms with Crippen molar-refractivity contribution in [3.05, 3.63) is 45.9 Å². The first kappa shape index (κ1) is 19.1. The van der Waals surface area contributed by atoms with Crippen LogP contribution in [0, 0.1) is 0 Å². The topological polar surface area (TPSA) is 80.0 Å². The first-order valence-electron chi connectivity index (χ1n) is 8.45. The fourth-order valence-electron chi connectivity index (χ4n) is 2.70. The summed E-state index contributed by atoms with van der Waals surface area (Å²) in [5.74, 6) is 2.08. The van der Waals surface area contributed by atoms with Gasteiger partial charge < -0.3 is 24.7 Å². The number of benzene rings is 2. The summed E-state index contributed by atoms with van der Waals surface area (Å²) in [7, 11) is 1.56. The number of carbonyl (C=O) groups excluding carboxylic acids is 1. The molecular weight excluding hydrogens is 414 g/mol. The van der Waals surface area contributed by atoms with Crippen LogP contribution in [0.25, 0.3) is 6.08 Å². The minimum Gasteiger partial charge on any atom is -0.493 e. The fourth-order valence-corrected chi connectivity index (χ4v) is 3.20. The lowest BCUT2D eigenvalue weighted by Crippen LogP contribution is -2.16. The Morgan fingerprint density at radius 2 is 2.00 bits per heavy atom. The Kier molecular flexibility index (Phi) is 5.91. The van der Waals surface area contributed by atoms with Crippen molar-refractivity contribution in [3.8, 4) is 23.0 Å². The first-order valence-corrected chi connectivity index (χ1v) is 9.24. The Labute approximate surface area is 166 Å². The third kappa shape index (κ3) is 4.19. The molecule has 6 nitrogen and oxygen atoms in total. The summed E-state index contributed by atoms with van der Waals surface area (Å²) in [4.78, 5) is 12.7. The van der Waals surface area contributed by atoms with Crippen LogP contribution in [0.15, 0.2) is 34.8 Å². The van der Waals surface area contributed by atoms with E-state index in [-0.39, 0.29) is 5.78 Å². The number of nitrogen functional groups attached to an aromatic ring is 1. The van der Waals surface area contributed by atoms with Crippen LogP contribution in [0.4, 0.5) is 5.69 Å². The average molecular weight is 434 g/mol. The lowest BCUT2D eigenvalue weighted by molar-refractivity contribution is 0.104. The molecule has 1 aliphatic rings. The summed E-state index contributed by atoms with van der Waals surface area (Å²) in [5, 5.41) is 0. The van der Waals surface area contributed by atoms with Crippen molar-refractivity contribution in [3.63, 3.8) is 0 Å². The number of rotatable bonds is 6. The molecule has 2 N–H and O–H groups in total. The van der Waals surface area contributed by atoms with E-state index < -0.39 is 0 Å². The van der Waals surface area contributed by atoms with Crippen molar-refractivity contribution < 1.29 is 23.7 Å². The second-order valence-corrected chi connectivity index (χ2v) is 6.61. The summed E-state index contributed by atoms with van der Waals surface area (Å²) < 4.78 is 22.4. The average Bonchev–Trinajstić information content (AvgIpc) is 2.68. The predicted molar refractivity (Wildman–Crippen MR) is 107 cm³/mol. The third-order valence-electron chi connectivity index (χ3n) is 3.93. The SMILES string of the molecule is CCOc1ccc(C(=O)/C(Br)=C\c2cc(OC)c3c(c2)OCCO3)cc1N. The van der Waals surface area contributed by atoms with E-state index in [9.17, 15) is 4.79 Å². The summed E-state index contributed by atoms with van der Waals surface area (Å²) in [5.41, 5.74) is 7.58. The number of methoxy groups -OCH3 is 1. The van der Waals surface area contributed by atoms with Crippen LogP contribution < -0.4 is 24.7 Å². The molecule has 0 saturated heterocycles. The molecule has 0 amide bonds. The van der Waals surface area contributed by atoms with Crippen LogP contribution in [-0.2, 0) is 0 Å². The molecule has 7 heteroatoms. The molecule has 0 saturated carbocycles. The van der Waals surface area contributed by atoms with E-state index in [0.717, 1.165) is 5.56 Å². The van der Waals surface area contributed by atoms with Crippen LogP contribution >= 0.6 is 15.9 Å². The number of allylic oxidation sites excluding steroid dienone is 1. The molecule has 0 spiro atoms. The van der Waals surface area contributed by atoms with Crippen molar-refractivity contribution >= 4 is 33.5 Å².